The Morgan fingerprint density at radius 1 is 1.00 bits per heavy atom. The Balaban J connectivity index is 2.31. The molecule has 88 valence electrons. The molecule has 0 aliphatic carbocycles. The lowest BCUT2D eigenvalue weighted by atomic mass is 10.3. The van der Waals surface area contributed by atoms with E-state index in [4.69, 9.17) is 5.73 Å². The van der Waals surface area contributed by atoms with Gasteiger partial charge in [0.25, 0.3) is 0 Å². The Morgan fingerprint density at radius 2 is 1.65 bits per heavy atom. The third-order valence-electron chi connectivity index (χ3n) is 1.94. The predicted octanol–water partition coefficient (Wildman–Crippen LogP) is 2.22. The van der Waals surface area contributed by atoms with Crippen LogP contribution in [0.2, 0.25) is 0 Å². The lowest BCUT2D eigenvalue weighted by Crippen LogP contribution is -1.99. The number of nitrogens with one attached hydrogen (secondary N) is 1. The van der Waals surface area contributed by atoms with Crippen molar-refractivity contribution in [3.63, 3.8) is 0 Å². The Morgan fingerprint density at radius 3 is 2.24 bits per heavy atom. The number of hydrogen-bond acceptors (Lipinski definition) is 4. The summed E-state index contributed by atoms with van der Waals surface area (Å²) in [4.78, 5) is 7.42. The van der Waals surface area contributed by atoms with Crippen molar-refractivity contribution < 1.29 is 13.2 Å². The third kappa shape index (κ3) is 2.44. The molecular formula is C10H7F3N4. The first-order valence-electron chi connectivity index (χ1n) is 4.55. The van der Waals surface area contributed by atoms with E-state index in [-0.39, 0.29) is 17.3 Å². The number of aromatic nitrogens is 2. The average Bonchev–Trinajstić information content (AvgIpc) is 2.26. The SMILES string of the molecule is Nc1cc(Nc2cc(F)c(F)c(F)c2)ncn1. The van der Waals surface area contributed by atoms with Crippen LogP contribution >= 0.6 is 0 Å². The molecule has 0 atom stereocenters. The Kier molecular flexibility index (Phi) is 2.82. The number of anilines is 3. The molecule has 0 spiro atoms. The second-order valence-electron chi connectivity index (χ2n) is 3.21. The van der Waals surface area contributed by atoms with Crippen molar-refractivity contribution in [2.24, 2.45) is 0 Å². The highest BCUT2D eigenvalue weighted by Gasteiger charge is 2.10. The minimum absolute atomic E-state index is 0.0273. The lowest BCUT2D eigenvalue weighted by Gasteiger charge is -2.06. The highest BCUT2D eigenvalue weighted by Crippen LogP contribution is 2.20. The van der Waals surface area contributed by atoms with Gasteiger partial charge in [-0.05, 0) is 0 Å². The van der Waals surface area contributed by atoms with Crippen LogP contribution in [0.3, 0.4) is 0 Å². The predicted molar refractivity (Wildman–Crippen MR) is 56.0 cm³/mol. The van der Waals surface area contributed by atoms with Gasteiger partial charge >= 0.3 is 0 Å². The number of nitrogens with zero attached hydrogens (tertiary/aromatic N) is 2. The molecule has 0 radical (unpaired) electrons. The van der Waals surface area contributed by atoms with Gasteiger partial charge in [0.1, 0.15) is 18.0 Å². The molecule has 0 unspecified atom stereocenters. The second-order valence-corrected chi connectivity index (χ2v) is 3.21. The van der Waals surface area contributed by atoms with Gasteiger partial charge in [-0.1, -0.05) is 0 Å². The molecule has 7 heteroatoms. The first-order valence-corrected chi connectivity index (χ1v) is 4.55. The maximum Gasteiger partial charge on any atom is 0.194 e. The number of hydrogen-bond donors (Lipinski definition) is 2. The van der Waals surface area contributed by atoms with Crippen LogP contribution in [-0.2, 0) is 0 Å². The van der Waals surface area contributed by atoms with Crippen molar-refractivity contribution in [2.75, 3.05) is 11.1 Å². The first-order chi connectivity index (χ1) is 8.06. The van der Waals surface area contributed by atoms with Crippen LogP contribution in [0.5, 0.6) is 0 Å². The van der Waals surface area contributed by atoms with Gasteiger partial charge < -0.3 is 11.1 Å². The van der Waals surface area contributed by atoms with Crippen molar-refractivity contribution in [3.8, 4) is 0 Å². The summed E-state index contributed by atoms with van der Waals surface area (Å²) in [7, 11) is 0. The molecule has 1 aromatic carbocycles. The molecule has 0 bridgehead atoms. The molecule has 2 rings (SSSR count). The molecule has 1 aromatic heterocycles. The molecule has 4 nitrogen and oxygen atoms in total. The molecule has 0 aliphatic heterocycles. The fraction of sp³-hybridized carbons (Fsp3) is 0. The summed E-state index contributed by atoms with van der Waals surface area (Å²) in [5.41, 5.74) is 5.42. The minimum Gasteiger partial charge on any atom is -0.384 e. The van der Waals surface area contributed by atoms with Crippen molar-refractivity contribution in [1.82, 2.24) is 9.97 Å². The van der Waals surface area contributed by atoms with E-state index in [9.17, 15) is 13.2 Å². The standard InChI is InChI=1S/C10H7F3N4/c11-6-1-5(2-7(12)10(6)13)17-9-3-8(14)15-4-16-9/h1-4H,(H3,14,15,16,17). The van der Waals surface area contributed by atoms with Gasteiger partial charge in [-0.25, -0.2) is 23.1 Å². The smallest absolute Gasteiger partial charge is 0.194 e. The summed E-state index contributed by atoms with van der Waals surface area (Å²) >= 11 is 0. The van der Waals surface area contributed by atoms with Crippen LogP contribution in [0.25, 0.3) is 0 Å². The van der Waals surface area contributed by atoms with E-state index < -0.39 is 17.5 Å². The van der Waals surface area contributed by atoms with E-state index in [2.05, 4.69) is 15.3 Å². The van der Waals surface area contributed by atoms with E-state index in [0.717, 1.165) is 12.1 Å². The molecule has 3 N–H and O–H groups in total. The lowest BCUT2D eigenvalue weighted by molar-refractivity contribution is 0.448. The van der Waals surface area contributed by atoms with Crippen molar-refractivity contribution in [3.05, 3.63) is 42.0 Å². The van der Waals surface area contributed by atoms with Crippen LogP contribution in [0.4, 0.5) is 30.5 Å². The molecule has 0 amide bonds. The van der Waals surface area contributed by atoms with Crippen molar-refractivity contribution >= 4 is 17.3 Å². The fourth-order valence-electron chi connectivity index (χ4n) is 1.22. The Bertz CT molecular complexity index is 536. The molecule has 2 aromatic rings. The Hall–Kier alpha value is -2.31. The zero-order chi connectivity index (χ0) is 12.4. The molecule has 1 heterocycles. The summed E-state index contributed by atoms with van der Waals surface area (Å²) in [6.07, 6.45) is 1.19. The number of nitrogens with two attached hydrogens (primary N) is 1. The van der Waals surface area contributed by atoms with Gasteiger partial charge in [0.2, 0.25) is 0 Å². The van der Waals surface area contributed by atoms with Crippen LogP contribution in [0.15, 0.2) is 24.5 Å². The molecular weight excluding hydrogens is 233 g/mol. The number of nitrogen functional groups attached to an aromatic ring is 1. The summed E-state index contributed by atoms with van der Waals surface area (Å²) in [5, 5.41) is 2.58. The van der Waals surface area contributed by atoms with E-state index in [0.29, 0.717) is 0 Å². The van der Waals surface area contributed by atoms with Crippen molar-refractivity contribution in [2.45, 2.75) is 0 Å². The summed E-state index contributed by atoms with van der Waals surface area (Å²) < 4.78 is 38.5. The zero-order valence-electron chi connectivity index (χ0n) is 8.42. The molecule has 0 fully saturated rings. The van der Waals surface area contributed by atoms with E-state index >= 15 is 0 Å². The Labute approximate surface area is 94.3 Å². The molecule has 0 saturated heterocycles. The minimum atomic E-state index is -1.52. The molecule has 0 aliphatic rings. The number of benzene rings is 1. The van der Waals surface area contributed by atoms with E-state index in [1.807, 2.05) is 0 Å². The summed E-state index contributed by atoms with van der Waals surface area (Å²) in [6, 6.07) is 3.01. The zero-order valence-corrected chi connectivity index (χ0v) is 8.42. The van der Waals surface area contributed by atoms with Gasteiger partial charge in [-0.2, -0.15) is 0 Å². The first kappa shape index (κ1) is 11.2. The maximum absolute atomic E-state index is 12.9. The van der Waals surface area contributed by atoms with Crippen LogP contribution in [-0.4, -0.2) is 9.97 Å². The fourth-order valence-corrected chi connectivity index (χ4v) is 1.22. The van der Waals surface area contributed by atoms with E-state index in [1.165, 1.54) is 12.4 Å². The normalized spacial score (nSPS) is 10.3. The quantitative estimate of drug-likeness (QED) is 0.790. The molecule has 0 saturated carbocycles. The summed E-state index contributed by atoms with van der Waals surface area (Å²) in [5.74, 6) is -3.63. The van der Waals surface area contributed by atoms with Gasteiger partial charge in [0.05, 0.1) is 0 Å². The maximum atomic E-state index is 12.9. The summed E-state index contributed by atoms with van der Waals surface area (Å²) in [6.45, 7) is 0. The topological polar surface area (TPSA) is 63.8 Å². The van der Waals surface area contributed by atoms with Crippen LogP contribution in [0.1, 0.15) is 0 Å². The number of rotatable bonds is 2. The van der Waals surface area contributed by atoms with Gasteiger partial charge in [-0.3, -0.25) is 0 Å². The highest BCUT2D eigenvalue weighted by atomic mass is 19.2. The van der Waals surface area contributed by atoms with Crippen LogP contribution < -0.4 is 11.1 Å². The largest absolute Gasteiger partial charge is 0.384 e. The van der Waals surface area contributed by atoms with E-state index in [1.54, 1.807) is 0 Å². The van der Waals surface area contributed by atoms with Crippen molar-refractivity contribution in [1.29, 1.82) is 0 Å². The highest BCUT2D eigenvalue weighted by molar-refractivity contribution is 5.58. The van der Waals surface area contributed by atoms with Gasteiger partial charge in [-0.15, -0.1) is 0 Å². The van der Waals surface area contributed by atoms with Crippen LogP contribution in [0, 0.1) is 17.5 Å². The second kappa shape index (κ2) is 4.28. The molecule has 17 heavy (non-hydrogen) atoms. The third-order valence-corrected chi connectivity index (χ3v) is 1.94. The average molecular weight is 240 g/mol. The monoisotopic (exact) mass is 240 g/mol. The van der Waals surface area contributed by atoms with Gasteiger partial charge in [0.15, 0.2) is 17.5 Å². The number of halogens is 3. The van der Waals surface area contributed by atoms with Gasteiger partial charge in [0, 0.05) is 23.9 Å².